The maximum Gasteiger partial charge on any atom is 0.127 e. The van der Waals surface area contributed by atoms with Crippen LogP contribution in [0.5, 0.6) is 0 Å². The number of nitrogen functional groups attached to an aromatic ring is 1. The zero-order valence-electron chi connectivity index (χ0n) is 13.2. The van der Waals surface area contributed by atoms with Crippen molar-refractivity contribution in [2.75, 3.05) is 5.73 Å². The molecule has 0 aliphatic heterocycles. The van der Waals surface area contributed by atoms with E-state index in [0.717, 1.165) is 23.3 Å². The Hall–Kier alpha value is -1.43. The van der Waals surface area contributed by atoms with E-state index in [0.29, 0.717) is 12.5 Å². The second-order valence-corrected chi connectivity index (χ2v) is 7.20. The number of rotatable bonds is 2. The number of aromatic nitrogens is 2. The summed E-state index contributed by atoms with van der Waals surface area (Å²) in [4.78, 5) is 4.89. The predicted octanol–water partition coefficient (Wildman–Crippen LogP) is 3.69. The lowest BCUT2D eigenvalue weighted by atomic mass is 9.81. The van der Waals surface area contributed by atoms with Crippen LogP contribution in [0.3, 0.4) is 0 Å². The Morgan fingerprint density at radius 1 is 1.30 bits per heavy atom. The summed E-state index contributed by atoms with van der Waals surface area (Å²) in [6.45, 7) is 9.32. The summed E-state index contributed by atoms with van der Waals surface area (Å²) in [5, 5.41) is 0. The number of nitrogens with two attached hydrogens (primary N) is 1. The lowest BCUT2D eigenvalue weighted by Gasteiger charge is -2.25. The van der Waals surface area contributed by atoms with Crippen molar-refractivity contribution >= 4 is 5.82 Å². The molecule has 110 valence electrons. The van der Waals surface area contributed by atoms with Crippen molar-refractivity contribution in [3.63, 3.8) is 0 Å². The van der Waals surface area contributed by atoms with E-state index < -0.39 is 0 Å². The van der Waals surface area contributed by atoms with Crippen LogP contribution in [0.1, 0.15) is 70.8 Å². The van der Waals surface area contributed by atoms with Crippen LogP contribution in [0.2, 0.25) is 0 Å². The second-order valence-electron chi connectivity index (χ2n) is 7.20. The number of nitrogens with zero attached hydrogens (tertiary/aromatic N) is 2. The van der Waals surface area contributed by atoms with Crippen molar-refractivity contribution in [1.29, 1.82) is 0 Å². The Morgan fingerprint density at radius 2 is 1.90 bits per heavy atom. The smallest absolute Gasteiger partial charge is 0.127 e. The molecule has 2 rings (SSSR count). The van der Waals surface area contributed by atoms with Crippen LogP contribution >= 0.6 is 0 Å². The van der Waals surface area contributed by atoms with Crippen LogP contribution in [0, 0.1) is 18.3 Å². The first-order valence-electron chi connectivity index (χ1n) is 7.64. The summed E-state index contributed by atoms with van der Waals surface area (Å²) in [7, 11) is 0. The topological polar surface area (TPSA) is 43.8 Å². The molecule has 0 aromatic carbocycles. The quantitative estimate of drug-likeness (QED) is 0.835. The minimum Gasteiger partial charge on any atom is -0.384 e. The molecule has 0 unspecified atom stereocenters. The normalized spacial score (nSPS) is 23.6. The Morgan fingerprint density at radius 3 is 2.40 bits per heavy atom. The molecule has 20 heavy (non-hydrogen) atoms. The largest absolute Gasteiger partial charge is 0.384 e. The van der Waals surface area contributed by atoms with Gasteiger partial charge >= 0.3 is 0 Å². The molecule has 0 saturated heterocycles. The average Bonchev–Trinajstić information content (AvgIpc) is 2.69. The summed E-state index contributed by atoms with van der Waals surface area (Å²) in [5.74, 6) is 5.84. The van der Waals surface area contributed by atoms with E-state index in [-0.39, 0.29) is 5.41 Å². The highest BCUT2D eigenvalue weighted by Crippen LogP contribution is 2.39. The van der Waals surface area contributed by atoms with Gasteiger partial charge in [0.05, 0.1) is 12.2 Å². The molecular formula is C17H27N3. The first-order chi connectivity index (χ1) is 9.34. The van der Waals surface area contributed by atoms with E-state index in [4.69, 9.17) is 17.1 Å². The minimum atomic E-state index is -0.0365. The number of terminal acetylenes is 1. The van der Waals surface area contributed by atoms with E-state index in [9.17, 15) is 0 Å². The van der Waals surface area contributed by atoms with Gasteiger partial charge in [0.1, 0.15) is 11.6 Å². The summed E-state index contributed by atoms with van der Waals surface area (Å²) < 4.78 is 2.02. The highest BCUT2D eigenvalue weighted by Gasteiger charge is 2.29. The van der Waals surface area contributed by atoms with Crippen molar-refractivity contribution < 1.29 is 0 Å². The van der Waals surface area contributed by atoms with E-state index >= 15 is 0 Å². The van der Waals surface area contributed by atoms with Gasteiger partial charge in [-0.25, -0.2) is 4.98 Å². The van der Waals surface area contributed by atoms with Gasteiger partial charge in [-0.15, -0.1) is 6.42 Å². The Bertz CT molecular complexity index is 506. The molecular weight excluding hydrogens is 246 g/mol. The van der Waals surface area contributed by atoms with Gasteiger partial charge in [-0.2, -0.15) is 0 Å². The number of anilines is 1. The molecule has 0 atom stereocenters. The average molecular weight is 273 g/mol. The Labute approximate surface area is 123 Å². The molecule has 1 fully saturated rings. The molecule has 1 aliphatic rings. The number of hydrogen-bond acceptors (Lipinski definition) is 2. The summed E-state index contributed by atoms with van der Waals surface area (Å²) in [6, 6.07) is 0. The van der Waals surface area contributed by atoms with Gasteiger partial charge in [-0.3, -0.25) is 0 Å². The Balaban J connectivity index is 2.37. The lowest BCUT2D eigenvalue weighted by molar-refractivity contribution is 0.344. The molecule has 1 aliphatic carbocycles. The van der Waals surface area contributed by atoms with Crippen molar-refractivity contribution in [1.82, 2.24) is 9.55 Å². The van der Waals surface area contributed by atoms with Crippen LogP contribution in [-0.2, 0) is 12.0 Å². The van der Waals surface area contributed by atoms with E-state index in [1.54, 1.807) is 0 Å². The molecule has 0 amide bonds. The number of hydrogen-bond donors (Lipinski definition) is 1. The molecule has 0 spiro atoms. The van der Waals surface area contributed by atoms with Crippen LogP contribution < -0.4 is 5.73 Å². The van der Waals surface area contributed by atoms with Crippen LogP contribution in [-0.4, -0.2) is 9.55 Å². The zero-order chi connectivity index (χ0) is 14.9. The maximum atomic E-state index is 6.36. The van der Waals surface area contributed by atoms with Gasteiger partial charge in [0, 0.05) is 11.3 Å². The maximum absolute atomic E-state index is 6.36. The van der Waals surface area contributed by atoms with Crippen LogP contribution in [0.25, 0.3) is 0 Å². The molecule has 1 saturated carbocycles. The van der Waals surface area contributed by atoms with Gasteiger partial charge in [0.25, 0.3) is 0 Å². The molecule has 2 N–H and O–H groups in total. The summed E-state index contributed by atoms with van der Waals surface area (Å²) in [5.41, 5.74) is 7.40. The first kappa shape index (κ1) is 15.0. The highest BCUT2D eigenvalue weighted by atomic mass is 15.1. The molecule has 3 heteroatoms. The van der Waals surface area contributed by atoms with E-state index in [2.05, 4.69) is 33.6 Å². The van der Waals surface area contributed by atoms with E-state index in [1.807, 2.05) is 4.57 Å². The zero-order valence-corrected chi connectivity index (χ0v) is 13.2. The fraction of sp³-hybridized carbons (Fsp3) is 0.706. The standard InChI is InChI=1S/C17H27N3/c1-6-11-20-15(18)14(19-16(20)17(3,4)5)13-9-7-12(2)8-10-13/h1,12-13H,7-11,18H2,2-5H3. The summed E-state index contributed by atoms with van der Waals surface area (Å²) >= 11 is 0. The van der Waals surface area contributed by atoms with Gasteiger partial charge < -0.3 is 10.3 Å². The fourth-order valence-corrected chi connectivity index (χ4v) is 3.14. The first-order valence-corrected chi connectivity index (χ1v) is 7.64. The molecule has 0 bridgehead atoms. The van der Waals surface area contributed by atoms with Crippen molar-refractivity contribution in [3.05, 3.63) is 11.5 Å². The van der Waals surface area contributed by atoms with Crippen LogP contribution in [0.4, 0.5) is 5.82 Å². The third kappa shape index (κ3) is 2.85. The molecule has 1 aromatic heterocycles. The third-order valence-electron chi connectivity index (χ3n) is 4.36. The van der Waals surface area contributed by atoms with Crippen molar-refractivity contribution in [3.8, 4) is 12.3 Å². The molecule has 1 heterocycles. The molecule has 3 nitrogen and oxygen atoms in total. The second kappa shape index (κ2) is 5.52. The SMILES string of the molecule is C#CCn1c(C(C)(C)C)nc(C2CCC(C)CC2)c1N. The fourth-order valence-electron chi connectivity index (χ4n) is 3.14. The van der Waals surface area contributed by atoms with E-state index in [1.165, 1.54) is 25.7 Å². The van der Waals surface area contributed by atoms with Gasteiger partial charge in [0.15, 0.2) is 0 Å². The predicted molar refractivity (Wildman–Crippen MR) is 84.5 cm³/mol. The molecule has 1 aromatic rings. The number of imidazole rings is 1. The van der Waals surface area contributed by atoms with Gasteiger partial charge in [-0.1, -0.05) is 46.5 Å². The lowest BCUT2D eigenvalue weighted by Crippen LogP contribution is -2.19. The van der Waals surface area contributed by atoms with Crippen molar-refractivity contribution in [2.24, 2.45) is 5.92 Å². The molecule has 0 radical (unpaired) electrons. The van der Waals surface area contributed by atoms with Gasteiger partial charge in [-0.05, 0) is 18.8 Å². The monoisotopic (exact) mass is 273 g/mol. The Kier molecular flexibility index (Phi) is 4.13. The van der Waals surface area contributed by atoms with Crippen molar-refractivity contribution in [2.45, 2.75) is 71.3 Å². The third-order valence-corrected chi connectivity index (χ3v) is 4.36. The minimum absolute atomic E-state index is 0.0365. The highest BCUT2D eigenvalue weighted by molar-refractivity contribution is 5.42. The summed E-state index contributed by atoms with van der Waals surface area (Å²) in [6.07, 6.45) is 10.4. The van der Waals surface area contributed by atoms with Gasteiger partial charge in [0.2, 0.25) is 0 Å². The van der Waals surface area contributed by atoms with Crippen LogP contribution in [0.15, 0.2) is 0 Å².